The van der Waals surface area contributed by atoms with Gasteiger partial charge >= 0.3 is 0 Å². The molecule has 0 amide bonds. The minimum atomic E-state index is -0.451. The molecule has 2 aromatic rings. The van der Waals surface area contributed by atoms with Crippen molar-refractivity contribution in [3.8, 4) is 6.07 Å². The number of fused-ring (bicyclic) bond motifs is 1. The molecular weight excluding hydrogens is 218 g/mol. The van der Waals surface area contributed by atoms with Crippen molar-refractivity contribution < 1.29 is 4.92 Å². The summed E-state index contributed by atoms with van der Waals surface area (Å²) in [5.74, 6) is 0. The zero-order valence-electron chi connectivity index (χ0n) is 9.54. The molecule has 0 N–H and O–H groups in total. The van der Waals surface area contributed by atoms with Gasteiger partial charge in [-0.05, 0) is 19.9 Å². The highest BCUT2D eigenvalue weighted by molar-refractivity contribution is 5.88. The molecule has 0 spiro atoms. The minimum Gasteiger partial charge on any atom is -0.344 e. The van der Waals surface area contributed by atoms with Crippen LogP contribution < -0.4 is 0 Å². The van der Waals surface area contributed by atoms with Gasteiger partial charge < -0.3 is 4.57 Å². The van der Waals surface area contributed by atoms with E-state index in [4.69, 9.17) is 5.26 Å². The Morgan fingerprint density at radius 2 is 2.18 bits per heavy atom. The van der Waals surface area contributed by atoms with Crippen LogP contribution in [0.5, 0.6) is 0 Å². The van der Waals surface area contributed by atoms with Crippen LogP contribution in [0.2, 0.25) is 0 Å². The van der Waals surface area contributed by atoms with Gasteiger partial charge in [0.25, 0.3) is 5.69 Å². The second-order valence-electron chi connectivity index (χ2n) is 4.11. The van der Waals surface area contributed by atoms with Crippen LogP contribution in [0.4, 0.5) is 5.69 Å². The fraction of sp³-hybridized carbons (Fsp3) is 0.250. The van der Waals surface area contributed by atoms with Crippen molar-refractivity contribution in [2.75, 3.05) is 0 Å². The van der Waals surface area contributed by atoms with Crippen LogP contribution in [0, 0.1) is 21.4 Å². The summed E-state index contributed by atoms with van der Waals surface area (Å²) in [5.41, 5.74) is 1.33. The third-order valence-corrected chi connectivity index (χ3v) is 2.70. The van der Waals surface area contributed by atoms with Crippen LogP contribution in [-0.2, 0) is 0 Å². The summed E-state index contributed by atoms with van der Waals surface area (Å²) in [4.78, 5) is 10.2. The third-order valence-electron chi connectivity index (χ3n) is 2.70. The van der Waals surface area contributed by atoms with E-state index in [1.54, 1.807) is 12.3 Å². The minimum absolute atomic E-state index is 0.00973. The summed E-state index contributed by atoms with van der Waals surface area (Å²) < 4.78 is 1.94. The Kier molecular flexibility index (Phi) is 2.56. The second kappa shape index (κ2) is 3.91. The van der Waals surface area contributed by atoms with Crippen LogP contribution in [0.25, 0.3) is 10.9 Å². The van der Waals surface area contributed by atoms with Crippen LogP contribution >= 0.6 is 0 Å². The fourth-order valence-electron chi connectivity index (χ4n) is 1.87. The maximum Gasteiger partial charge on any atom is 0.270 e. The van der Waals surface area contributed by atoms with Gasteiger partial charge in [-0.2, -0.15) is 5.26 Å². The molecular formula is C12H11N3O2. The van der Waals surface area contributed by atoms with Gasteiger partial charge in [0, 0.05) is 29.8 Å². The summed E-state index contributed by atoms with van der Waals surface area (Å²) in [5, 5.41) is 20.4. The van der Waals surface area contributed by atoms with Gasteiger partial charge in [-0.25, -0.2) is 0 Å². The van der Waals surface area contributed by atoms with Crippen LogP contribution in [-0.4, -0.2) is 9.49 Å². The number of benzene rings is 1. The number of nitriles is 1. The largest absolute Gasteiger partial charge is 0.344 e. The molecule has 0 radical (unpaired) electrons. The highest BCUT2D eigenvalue weighted by Crippen LogP contribution is 2.27. The molecule has 17 heavy (non-hydrogen) atoms. The number of hydrogen-bond donors (Lipinski definition) is 0. The van der Waals surface area contributed by atoms with Gasteiger partial charge in [-0.1, -0.05) is 0 Å². The lowest BCUT2D eigenvalue weighted by Gasteiger charge is -2.08. The molecule has 0 aliphatic carbocycles. The number of non-ortho nitro benzene ring substituents is 1. The van der Waals surface area contributed by atoms with Gasteiger partial charge in [-0.3, -0.25) is 10.1 Å². The van der Waals surface area contributed by atoms with Crippen molar-refractivity contribution in [1.29, 1.82) is 5.26 Å². The van der Waals surface area contributed by atoms with Crippen LogP contribution in [0.1, 0.15) is 25.5 Å². The van der Waals surface area contributed by atoms with Gasteiger partial charge in [0.05, 0.1) is 16.0 Å². The standard InChI is InChI=1S/C12H11N3O2/c1-8(2)14-7-9(6-13)11-5-10(15(16)17)3-4-12(11)14/h3-5,7-8H,1-2H3. The number of rotatable bonds is 2. The summed E-state index contributed by atoms with van der Waals surface area (Å²) in [6.07, 6.45) is 1.74. The van der Waals surface area contributed by atoms with Crippen molar-refractivity contribution in [2.24, 2.45) is 0 Å². The highest BCUT2D eigenvalue weighted by Gasteiger charge is 2.14. The van der Waals surface area contributed by atoms with Gasteiger partial charge in [0.2, 0.25) is 0 Å². The molecule has 0 fully saturated rings. The Morgan fingerprint density at radius 1 is 1.47 bits per heavy atom. The lowest BCUT2D eigenvalue weighted by Crippen LogP contribution is -1.98. The normalized spacial score (nSPS) is 10.7. The Hall–Kier alpha value is -2.35. The summed E-state index contributed by atoms with van der Waals surface area (Å²) >= 11 is 0. The number of nitrogens with zero attached hydrogens (tertiary/aromatic N) is 3. The Labute approximate surface area is 98.0 Å². The second-order valence-corrected chi connectivity index (χ2v) is 4.11. The molecule has 0 unspecified atom stereocenters. The molecule has 0 saturated heterocycles. The van der Waals surface area contributed by atoms with Gasteiger partial charge in [0.1, 0.15) is 6.07 Å². The first kappa shape index (κ1) is 11.1. The monoisotopic (exact) mass is 229 g/mol. The lowest BCUT2D eigenvalue weighted by molar-refractivity contribution is -0.384. The zero-order valence-corrected chi connectivity index (χ0v) is 9.54. The maximum absolute atomic E-state index is 10.7. The SMILES string of the molecule is CC(C)n1cc(C#N)c2cc([N+](=O)[O-])ccc21. The molecule has 0 bridgehead atoms. The van der Waals surface area contributed by atoms with Crippen molar-refractivity contribution in [1.82, 2.24) is 4.57 Å². The average Bonchev–Trinajstić information content (AvgIpc) is 2.66. The summed E-state index contributed by atoms with van der Waals surface area (Å²) in [7, 11) is 0. The highest BCUT2D eigenvalue weighted by atomic mass is 16.6. The van der Waals surface area contributed by atoms with E-state index in [1.165, 1.54) is 12.1 Å². The number of nitro benzene ring substituents is 1. The average molecular weight is 229 g/mol. The van der Waals surface area contributed by atoms with E-state index in [0.29, 0.717) is 10.9 Å². The van der Waals surface area contributed by atoms with E-state index < -0.39 is 4.92 Å². The van der Waals surface area contributed by atoms with Gasteiger partial charge in [-0.15, -0.1) is 0 Å². The van der Waals surface area contributed by atoms with Crippen LogP contribution in [0.15, 0.2) is 24.4 Å². The van der Waals surface area contributed by atoms with Crippen LogP contribution in [0.3, 0.4) is 0 Å². The van der Waals surface area contributed by atoms with Crippen molar-refractivity contribution >= 4 is 16.6 Å². The molecule has 1 aromatic heterocycles. The maximum atomic E-state index is 10.7. The van der Waals surface area contributed by atoms with E-state index in [1.807, 2.05) is 18.4 Å². The van der Waals surface area contributed by atoms with Crippen molar-refractivity contribution in [2.45, 2.75) is 19.9 Å². The molecule has 5 heteroatoms. The Bertz CT molecular complexity index is 635. The van der Waals surface area contributed by atoms with Crippen molar-refractivity contribution in [3.63, 3.8) is 0 Å². The van der Waals surface area contributed by atoms with E-state index in [0.717, 1.165) is 5.52 Å². The molecule has 5 nitrogen and oxygen atoms in total. The molecule has 0 aliphatic rings. The van der Waals surface area contributed by atoms with E-state index in [-0.39, 0.29) is 11.7 Å². The van der Waals surface area contributed by atoms with E-state index >= 15 is 0 Å². The topological polar surface area (TPSA) is 71.9 Å². The van der Waals surface area contributed by atoms with E-state index in [9.17, 15) is 10.1 Å². The number of hydrogen-bond acceptors (Lipinski definition) is 3. The molecule has 1 aromatic carbocycles. The Balaban J connectivity index is 2.78. The first-order valence-electron chi connectivity index (χ1n) is 5.23. The molecule has 2 rings (SSSR count). The van der Waals surface area contributed by atoms with E-state index in [2.05, 4.69) is 6.07 Å². The molecule has 1 heterocycles. The predicted octanol–water partition coefficient (Wildman–Crippen LogP) is 3.00. The molecule has 86 valence electrons. The first-order chi connectivity index (χ1) is 8.04. The number of nitro groups is 1. The zero-order chi connectivity index (χ0) is 12.6. The molecule has 0 aliphatic heterocycles. The number of aromatic nitrogens is 1. The first-order valence-corrected chi connectivity index (χ1v) is 5.23. The Morgan fingerprint density at radius 3 is 2.71 bits per heavy atom. The third kappa shape index (κ3) is 1.74. The predicted molar refractivity (Wildman–Crippen MR) is 63.7 cm³/mol. The quantitative estimate of drug-likeness (QED) is 0.587. The fourth-order valence-corrected chi connectivity index (χ4v) is 1.87. The summed E-state index contributed by atoms with van der Waals surface area (Å²) in [6, 6.07) is 6.88. The van der Waals surface area contributed by atoms with Gasteiger partial charge in [0.15, 0.2) is 0 Å². The summed E-state index contributed by atoms with van der Waals surface area (Å²) in [6.45, 7) is 4.00. The smallest absolute Gasteiger partial charge is 0.270 e. The molecule has 0 saturated carbocycles. The molecule has 0 atom stereocenters. The van der Waals surface area contributed by atoms with Crippen molar-refractivity contribution in [3.05, 3.63) is 40.1 Å². The lowest BCUT2D eigenvalue weighted by atomic mass is 10.2.